The monoisotopic (exact) mass is 312 g/mol. The van der Waals surface area contributed by atoms with E-state index in [0.29, 0.717) is 18.5 Å². The number of nitrogen functional groups attached to an aromatic ring is 1. The summed E-state index contributed by atoms with van der Waals surface area (Å²) in [6.45, 7) is 4.73. The van der Waals surface area contributed by atoms with Crippen LogP contribution in [0.1, 0.15) is 24.2 Å². The molecule has 1 aliphatic heterocycles. The summed E-state index contributed by atoms with van der Waals surface area (Å²) in [5, 5.41) is 6.75. The molecule has 0 radical (unpaired) electrons. The average Bonchev–Trinajstić information content (AvgIpc) is 2.52. The topological polar surface area (TPSA) is 79.1 Å². The van der Waals surface area contributed by atoms with E-state index in [1.807, 2.05) is 19.2 Å². The van der Waals surface area contributed by atoms with E-state index in [-0.39, 0.29) is 6.04 Å². The Morgan fingerprint density at radius 1 is 1.26 bits per heavy atom. The van der Waals surface area contributed by atoms with Gasteiger partial charge >= 0.3 is 0 Å². The van der Waals surface area contributed by atoms with E-state index >= 15 is 0 Å². The highest BCUT2D eigenvalue weighted by Crippen LogP contribution is 2.20. The lowest BCUT2D eigenvalue weighted by molar-refractivity contribution is 0.446. The van der Waals surface area contributed by atoms with Gasteiger partial charge < -0.3 is 21.3 Å². The summed E-state index contributed by atoms with van der Waals surface area (Å²) < 4.78 is 0. The van der Waals surface area contributed by atoms with Gasteiger partial charge in [-0.1, -0.05) is 30.3 Å². The minimum Gasteiger partial charge on any atom is -0.368 e. The fourth-order valence-electron chi connectivity index (χ4n) is 2.72. The molecule has 6 nitrogen and oxygen atoms in total. The molecule has 0 spiro atoms. The van der Waals surface area contributed by atoms with E-state index < -0.39 is 0 Å². The molecule has 2 heterocycles. The Morgan fingerprint density at radius 3 is 2.70 bits per heavy atom. The van der Waals surface area contributed by atoms with E-state index in [0.717, 1.165) is 24.6 Å². The zero-order valence-electron chi connectivity index (χ0n) is 13.7. The summed E-state index contributed by atoms with van der Waals surface area (Å²) in [6.07, 6.45) is 0. The van der Waals surface area contributed by atoms with Crippen molar-refractivity contribution in [1.29, 1.82) is 0 Å². The molecule has 1 aromatic carbocycles. The molecular formula is C17H24N6. The molecule has 1 unspecified atom stereocenters. The first-order valence-electron chi connectivity index (χ1n) is 7.99. The predicted octanol–water partition coefficient (Wildman–Crippen LogP) is 1.32. The lowest BCUT2D eigenvalue weighted by atomic mass is 10.1. The molecule has 0 saturated carbocycles. The first-order chi connectivity index (χ1) is 11.2. The van der Waals surface area contributed by atoms with Crippen LogP contribution < -0.4 is 21.3 Å². The molecule has 1 saturated heterocycles. The minimum atomic E-state index is 0.258. The maximum atomic E-state index is 5.87. The summed E-state index contributed by atoms with van der Waals surface area (Å²) >= 11 is 0. The summed E-state index contributed by atoms with van der Waals surface area (Å²) in [5.41, 5.74) is 8.05. The smallest absolute Gasteiger partial charge is 0.222 e. The van der Waals surface area contributed by atoms with Gasteiger partial charge in [0.2, 0.25) is 5.95 Å². The fourth-order valence-corrected chi connectivity index (χ4v) is 2.72. The van der Waals surface area contributed by atoms with Crippen molar-refractivity contribution < 1.29 is 0 Å². The van der Waals surface area contributed by atoms with Crippen LogP contribution in [0.25, 0.3) is 0 Å². The Labute approximate surface area is 137 Å². The molecule has 6 heteroatoms. The van der Waals surface area contributed by atoms with Crippen LogP contribution in [0.5, 0.6) is 0 Å². The van der Waals surface area contributed by atoms with Crippen LogP contribution in [0.3, 0.4) is 0 Å². The number of anilines is 2. The van der Waals surface area contributed by atoms with E-state index in [1.165, 1.54) is 5.56 Å². The highest BCUT2D eigenvalue weighted by atomic mass is 15.3. The first-order valence-corrected chi connectivity index (χ1v) is 7.99. The van der Waals surface area contributed by atoms with Gasteiger partial charge in [-0.25, -0.2) is 4.98 Å². The van der Waals surface area contributed by atoms with Crippen LogP contribution in [-0.4, -0.2) is 36.1 Å². The van der Waals surface area contributed by atoms with Crippen LogP contribution in [0.15, 0.2) is 36.4 Å². The number of benzene rings is 1. The third kappa shape index (κ3) is 3.78. The van der Waals surface area contributed by atoms with Gasteiger partial charge in [-0.15, -0.1) is 0 Å². The molecule has 1 aromatic heterocycles. The van der Waals surface area contributed by atoms with Gasteiger partial charge in [-0.2, -0.15) is 4.98 Å². The Bertz CT molecular complexity index is 639. The molecule has 3 rings (SSSR count). The number of nitrogens with one attached hydrogen (secondary N) is 2. The minimum absolute atomic E-state index is 0.258. The molecule has 0 amide bonds. The predicted molar refractivity (Wildman–Crippen MR) is 93.2 cm³/mol. The highest BCUT2D eigenvalue weighted by Gasteiger charge is 2.26. The Hall–Kier alpha value is -2.18. The van der Waals surface area contributed by atoms with Gasteiger partial charge in [-0.3, -0.25) is 0 Å². The summed E-state index contributed by atoms with van der Waals surface area (Å²) in [6, 6.07) is 13.2. The molecule has 23 heavy (non-hydrogen) atoms. The lowest BCUT2D eigenvalue weighted by Crippen LogP contribution is -2.57. The Kier molecular flexibility index (Phi) is 4.73. The zero-order chi connectivity index (χ0) is 16.2. The third-order valence-electron chi connectivity index (χ3n) is 4.29. The van der Waals surface area contributed by atoms with Gasteiger partial charge in [0.05, 0.1) is 5.69 Å². The van der Waals surface area contributed by atoms with E-state index in [9.17, 15) is 0 Å². The van der Waals surface area contributed by atoms with Crippen LogP contribution in [0.2, 0.25) is 0 Å². The number of hydrogen-bond acceptors (Lipinski definition) is 6. The van der Waals surface area contributed by atoms with Gasteiger partial charge in [-0.05, 0) is 19.5 Å². The van der Waals surface area contributed by atoms with E-state index in [1.54, 1.807) is 0 Å². The molecule has 1 atom stereocenters. The van der Waals surface area contributed by atoms with Crippen molar-refractivity contribution in [1.82, 2.24) is 20.6 Å². The molecule has 4 N–H and O–H groups in total. The second-order valence-corrected chi connectivity index (χ2v) is 5.98. The van der Waals surface area contributed by atoms with Crippen molar-refractivity contribution in [3.63, 3.8) is 0 Å². The molecule has 0 bridgehead atoms. The van der Waals surface area contributed by atoms with Crippen molar-refractivity contribution in [3.05, 3.63) is 47.7 Å². The fraction of sp³-hybridized carbons (Fsp3) is 0.412. The number of rotatable bonds is 6. The molecule has 1 aliphatic rings. The summed E-state index contributed by atoms with van der Waals surface area (Å²) in [7, 11) is 1.98. The number of nitrogens with zero attached hydrogens (tertiary/aromatic N) is 3. The van der Waals surface area contributed by atoms with Crippen molar-refractivity contribution in [2.45, 2.75) is 25.6 Å². The zero-order valence-corrected chi connectivity index (χ0v) is 13.7. The van der Waals surface area contributed by atoms with Gasteiger partial charge in [0.15, 0.2) is 0 Å². The maximum Gasteiger partial charge on any atom is 0.222 e. The normalized spacial score (nSPS) is 16.2. The lowest BCUT2D eigenvalue weighted by Gasteiger charge is -2.40. The molecule has 0 aliphatic carbocycles. The number of nitrogens with two attached hydrogens (primary N) is 1. The number of aromatic nitrogens is 2. The van der Waals surface area contributed by atoms with E-state index in [2.05, 4.69) is 56.7 Å². The third-order valence-corrected chi connectivity index (χ3v) is 4.29. The van der Waals surface area contributed by atoms with Crippen molar-refractivity contribution in [2.75, 3.05) is 30.8 Å². The largest absolute Gasteiger partial charge is 0.368 e. The summed E-state index contributed by atoms with van der Waals surface area (Å²) in [5.74, 6) is 1.24. The Balaban J connectivity index is 1.63. The quantitative estimate of drug-likeness (QED) is 0.746. The van der Waals surface area contributed by atoms with Crippen LogP contribution >= 0.6 is 0 Å². The van der Waals surface area contributed by atoms with Gasteiger partial charge in [0, 0.05) is 37.8 Å². The standard InChI is InChI=1S/C17H24N6/c1-12(13-6-4-3-5-7-13)20-9-14-8-16(22-17(18)21-14)23-10-15(11-23)19-2/h3-8,12,15,19-20H,9-11H2,1-2H3,(H2,18,21,22). The van der Waals surface area contributed by atoms with Gasteiger partial charge in [0.25, 0.3) is 0 Å². The first kappa shape index (κ1) is 15.7. The SMILES string of the molecule is CNC1CN(c2cc(CNC(C)c3ccccc3)nc(N)n2)C1. The molecule has 122 valence electrons. The second-order valence-electron chi connectivity index (χ2n) is 5.98. The summed E-state index contributed by atoms with van der Waals surface area (Å²) in [4.78, 5) is 10.9. The molecule has 2 aromatic rings. The van der Waals surface area contributed by atoms with E-state index in [4.69, 9.17) is 5.73 Å². The van der Waals surface area contributed by atoms with Crippen LogP contribution in [-0.2, 0) is 6.54 Å². The molecular weight excluding hydrogens is 288 g/mol. The van der Waals surface area contributed by atoms with Crippen LogP contribution in [0, 0.1) is 0 Å². The van der Waals surface area contributed by atoms with Crippen molar-refractivity contribution >= 4 is 11.8 Å². The molecule has 1 fully saturated rings. The maximum absolute atomic E-state index is 5.87. The van der Waals surface area contributed by atoms with Gasteiger partial charge in [0.1, 0.15) is 5.82 Å². The second kappa shape index (κ2) is 6.93. The Morgan fingerprint density at radius 2 is 2.00 bits per heavy atom. The van der Waals surface area contributed by atoms with Crippen molar-refractivity contribution in [3.8, 4) is 0 Å². The number of likely N-dealkylation sites (N-methyl/N-ethyl adjacent to an activating group) is 1. The highest BCUT2D eigenvalue weighted by molar-refractivity contribution is 5.46. The van der Waals surface area contributed by atoms with Crippen LogP contribution in [0.4, 0.5) is 11.8 Å². The number of hydrogen-bond donors (Lipinski definition) is 3. The van der Waals surface area contributed by atoms with Crippen molar-refractivity contribution in [2.24, 2.45) is 0 Å². The average molecular weight is 312 g/mol.